The first-order valence-electron chi connectivity index (χ1n) is 4.97. The Morgan fingerprint density at radius 2 is 1.88 bits per heavy atom. The van der Waals surface area contributed by atoms with Crippen molar-refractivity contribution in [2.45, 2.75) is 13.8 Å². The molecule has 0 aliphatic rings. The van der Waals surface area contributed by atoms with Crippen LogP contribution >= 0.6 is 15.9 Å². The minimum absolute atomic E-state index is 0.0868. The van der Waals surface area contributed by atoms with Crippen molar-refractivity contribution in [2.75, 3.05) is 11.4 Å². The Hall–Kier alpha value is -1.23. The molecule has 0 heterocycles. The fourth-order valence-electron chi connectivity index (χ4n) is 1.19. The number of amides is 1. The highest BCUT2D eigenvalue weighted by atomic mass is 79.9. The van der Waals surface area contributed by atoms with E-state index in [0.717, 1.165) is 12.2 Å². The molecule has 0 saturated carbocycles. The number of rotatable bonds is 2. The molecule has 1 rings (SSSR count). The molecule has 94 valence electrons. The van der Waals surface area contributed by atoms with Crippen molar-refractivity contribution < 1.29 is 13.6 Å². The smallest absolute Gasteiger partial charge is 0.223 e. The number of hydrogen-bond acceptors (Lipinski definition) is 1. The van der Waals surface area contributed by atoms with Gasteiger partial charge in [0.15, 0.2) is 4.74 Å². The van der Waals surface area contributed by atoms with E-state index in [4.69, 9.17) is 0 Å². The van der Waals surface area contributed by atoms with Crippen molar-refractivity contribution in [1.29, 1.82) is 0 Å². The number of carbonyl (C=O) groups is 1. The van der Waals surface area contributed by atoms with Crippen LogP contribution in [0.1, 0.15) is 13.8 Å². The van der Waals surface area contributed by atoms with Gasteiger partial charge >= 0.3 is 0 Å². The van der Waals surface area contributed by atoms with Gasteiger partial charge in [0.05, 0.1) is 0 Å². The van der Waals surface area contributed by atoms with Crippen molar-refractivity contribution in [2.24, 2.45) is 0 Å². The lowest BCUT2D eigenvalue weighted by Gasteiger charge is -2.18. The lowest BCUT2D eigenvalue weighted by molar-refractivity contribution is -0.116. The van der Waals surface area contributed by atoms with Crippen LogP contribution in [-0.2, 0) is 4.79 Å². The van der Waals surface area contributed by atoms with Gasteiger partial charge in [-0.25, -0.2) is 4.39 Å². The van der Waals surface area contributed by atoms with Gasteiger partial charge in [0, 0.05) is 19.2 Å². The predicted molar refractivity (Wildman–Crippen MR) is 69.4 cm³/mol. The third kappa shape index (κ3) is 6.84. The predicted octanol–water partition coefficient (Wildman–Crippen LogP) is 4.18. The average Bonchev–Trinajstić information content (AvgIpc) is 2.31. The van der Waals surface area contributed by atoms with Gasteiger partial charge in [-0.05, 0) is 35.0 Å². The zero-order valence-corrected chi connectivity index (χ0v) is 11.2. The molecule has 0 aromatic heterocycles. The van der Waals surface area contributed by atoms with Gasteiger partial charge < -0.3 is 4.90 Å². The molecule has 0 unspecified atom stereocenters. The van der Waals surface area contributed by atoms with Crippen LogP contribution in [0.25, 0.3) is 0 Å². The largest absolute Gasteiger partial charge is 0.313 e. The van der Waals surface area contributed by atoms with E-state index in [2.05, 4.69) is 15.9 Å². The first-order chi connectivity index (χ1) is 8.02. The molecule has 0 atom stereocenters. The van der Waals surface area contributed by atoms with Gasteiger partial charge in [-0.15, -0.1) is 0 Å². The summed E-state index contributed by atoms with van der Waals surface area (Å²) in [5.74, 6) is 0.0868. The Morgan fingerprint density at radius 1 is 1.41 bits per heavy atom. The summed E-state index contributed by atoms with van der Waals surface area (Å²) in [6.45, 7) is 4.27. The minimum Gasteiger partial charge on any atom is -0.313 e. The number of nitrogens with zero attached hydrogens (tertiary/aromatic N) is 1. The highest BCUT2D eigenvalue weighted by Crippen LogP contribution is 2.12. The van der Waals surface area contributed by atoms with Crippen LogP contribution in [0.5, 0.6) is 0 Å². The number of hydrogen-bond donors (Lipinski definition) is 0. The monoisotopic (exact) mass is 305 g/mol. The fraction of sp³-hybridized carbons (Fsp3) is 0.250. The molecule has 1 aromatic rings. The maximum atomic E-state index is 11.1. The first-order valence-corrected chi connectivity index (χ1v) is 5.76. The molecule has 0 bridgehead atoms. The minimum atomic E-state index is -0.975. The van der Waals surface area contributed by atoms with Gasteiger partial charge in [0.1, 0.15) is 6.33 Å². The van der Waals surface area contributed by atoms with Crippen molar-refractivity contribution in [1.82, 2.24) is 0 Å². The molecular weight excluding hydrogens is 292 g/mol. The van der Waals surface area contributed by atoms with E-state index >= 15 is 0 Å². The first kappa shape index (κ1) is 15.8. The molecule has 17 heavy (non-hydrogen) atoms. The zero-order chi connectivity index (χ0) is 13.3. The van der Waals surface area contributed by atoms with Gasteiger partial charge in [-0.2, -0.15) is 4.39 Å². The Balaban J connectivity index is 0.000000437. The van der Waals surface area contributed by atoms with E-state index in [1.54, 1.807) is 11.8 Å². The van der Waals surface area contributed by atoms with Crippen LogP contribution < -0.4 is 4.90 Å². The third-order valence-electron chi connectivity index (χ3n) is 1.85. The Morgan fingerprint density at radius 3 is 2.18 bits per heavy atom. The van der Waals surface area contributed by atoms with Gasteiger partial charge in [-0.1, -0.05) is 18.2 Å². The Labute approximate surface area is 108 Å². The molecule has 5 heteroatoms. The number of para-hydroxylation sites is 1. The van der Waals surface area contributed by atoms with E-state index in [0.29, 0.717) is 0 Å². The molecule has 0 spiro atoms. The van der Waals surface area contributed by atoms with Gasteiger partial charge in [-0.3, -0.25) is 4.79 Å². The molecule has 2 nitrogen and oxygen atoms in total. The topological polar surface area (TPSA) is 20.3 Å². The van der Waals surface area contributed by atoms with E-state index in [9.17, 15) is 13.6 Å². The summed E-state index contributed by atoms with van der Waals surface area (Å²) in [6.07, 6.45) is -0.167. The number of anilines is 1. The number of benzene rings is 1. The molecule has 0 saturated heterocycles. The molecule has 1 amide bonds. The van der Waals surface area contributed by atoms with E-state index < -0.39 is 4.74 Å². The summed E-state index contributed by atoms with van der Waals surface area (Å²) < 4.78 is 20.4. The summed E-state index contributed by atoms with van der Waals surface area (Å²) >= 11 is 2.19. The van der Waals surface area contributed by atoms with Crippen molar-refractivity contribution in [3.05, 3.63) is 41.4 Å². The molecule has 0 aliphatic heterocycles. The number of carbonyl (C=O) groups excluding carboxylic acids is 1. The summed E-state index contributed by atoms with van der Waals surface area (Å²) in [5.41, 5.74) is 0.965. The van der Waals surface area contributed by atoms with Crippen LogP contribution in [0.3, 0.4) is 0 Å². The average molecular weight is 306 g/mol. The summed E-state index contributed by atoms with van der Waals surface area (Å²) in [5, 5.41) is 0. The van der Waals surface area contributed by atoms with Crippen LogP contribution in [0.4, 0.5) is 14.5 Å². The molecule has 1 aromatic carbocycles. The maximum absolute atomic E-state index is 11.1. The lowest BCUT2D eigenvalue weighted by atomic mass is 10.3. The summed E-state index contributed by atoms with van der Waals surface area (Å²) in [6, 6.07) is 9.68. The van der Waals surface area contributed by atoms with E-state index in [1.807, 2.05) is 37.3 Å². The SMILES string of the molecule is CCN(C(C)=O)c1ccccc1.FC=C(F)Br. The van der Waals surface area contributed by atoms with Crippen molar-refractivity contribution >= 4 is 27.5 Å². The Bertz CT molecular complexity index is 364. The second kappa shape index (κ2) is 8.87. The second-order valence-corrected chi connectivity index (χ2v) is 3.76. The fourth-order valence-corrected chi connectivity index (χ4v) is 1.19. The van der Waals surface area contributed by atoms with Crippen LogP contribution in [-0.4, -0.2) is 12.5 Å². The highest BCUT2D eigenvalue weighted by molar-refractivity contribution is 9.11. The van der Waals surface area contributed by atoms with E-state index in [-0.39, 0.29) is 12.2 Å². The molecule has 0 fully saturated rings. The van der Waals surface area contributed by atoms with Crippen molar-refractivity contribution in [3.63, 3.8) is 0 Å². The third-order valence-corrected chi connectivity index (χ3v) is 2.02. The molecular formula is C12H14BrF2NO. The number of halogens is 3. The van der Waals surface area contributed by atoms with Crippen LogP contribution in [0.15, 0.2) is 41.4 Å². The van der Waals surface area contributed by atoms with Crippen molar-refractivity contribution in [3.8, 4) is 0 Å². The van der Waals surface area contributed by atoms with Gasteiger partial charge in [0.2, 0.25) is 5.91 Å². The van der Waals surface area contributed by atoms with E-state index in [1.165, 1.54) is 0 Å². The normalized spacial score (nSPS) is 10.3. The lowest BCUT2D eigenvalue weighted by Crippen LogP contribution is -2.27. The Kier molecular flexibility index (Phi) is 8.23. The second-order valence-electron chi connectivity index (χ2n) is 3.00. The van der Waals surface area contributed by atoms with Crippen LogP contribution in [0, 0.1) is 0 Å². The highest BCUT2D eigenvalue weighted by Gasteiger charge is 2.06. The quantitative estimate of drug-likeness (QED) is 0.802. The van der Waals surface area contributed by atoms with Gasteiger partial charge in [0.25, 0.3) is 0 Å². The van der Waals surface area contributed by atoms with Crippen LogP contribution in [0.2, 0.25) is 0 Å². The summed E-state index contributed by atoms with van der Waals surface area (Å²) in [7, 11) is 0. The standard InChI is InChI=1S/C10H13NO.C2HBrF2/c1-3-11(9(2)12)10-7-5-4-6-8-10;3-2(5)1-4/h4-8H,3H2,1-2H3;1H. The molecule has 0 N–H and O–H groups in total. The zero-order valence-electron chi connectivity index (χ0n) is 9.66. The maximum Gasteiger partial charge on any atom is 0.223 e. The molecule has 0 aliphatic carbocycles. The molecule has 0 radical (unpaired) electrons. The summed E-state index contributed by atoms with van der Waals surface area (Å²) in [4.78, 5) is 12.8.